The largest absolute Gasteiger partial charge is 0.478 e. The Morgan fingerprint density at radius 3 is 2.48 bits per heavy atom. The molecule has 0 aliphatic carbocycles. The Labute approximate surface area is 133 Å². The Morgan fingerprint density at radius 1 is 1.17 bits per heavy atom. The molecule has 0 saturated heterocycles. The number of aromatic nitrogens is 1. The molecule has 1 aromatic carbocycles. The number of carboxylic acid groups (broad SMARTS) is 1. The minimum Gasteiger partial charge on any atom is -0.478 e. The van der Waals surface area contributed by atoms with E-state index in [1.54, 1.807) is 18.3 Å². The van der Waals surface area contributed by atoms with Crippen molar-refractivity contribution in [3.63, 3.8) is 0 Å². The monoisotopic (exact) mass is 314 g/mol. The summed E-state index contributed by atoms with van der Waals surface area (Å²) in [5.41, 5.74) is 1.79. The number of pyridine rings is 1. The number of hydrogen-bond acceptors (Lipinski definition) is 3. The lowest BCUT2D eigenvalue weighted by Crippen LogP contribution is -2.26. The Hall–Kier alpha value is -2.89. The van der Waals surface area contributed by atoms with Gasteiger partial charge >= 0.3 is 5.97 Å². The second-order valence-corrected chi connectivity index (χ2v) is 5.26. The Bertz CT molecular complexity index is 763. The quantitative estimate of drug-likeness (QED) is 0.847. The standard InChI is InChI=1S/C17H18N2O4/c1-12-6-8-19(16(21)10-12)9-7-15(20)18-11-13-2-4-14(5-3-13)17(22)23/h2-6,8,10H,7,9,11H2,1H3,(H,18,20)(H,22,23). The molecule has 0 aliphatic rings. The van der Waals surface area contributed by atoms with Crippen LogP contribution in [0.2, 0.25) is 0 Å². The van der Waals surface area contributed by atoms with Crippen LogP contribution in [0.5, 0.6) is 0 Å². The third kappa shape index (κ3) is 4.81. The molecule has 0 fully saturated rings. The van der Waals surface area contributed by atoms with Crippen LogP contribution < -0.4 is 10.9 Å². The number of benzene rings is 1. The van der Waals surface area contributed by atoms with Crippen LogP contribution in [0.3, 0.4) is 0 Å². The molecule has 6 nitrogen and oxygen atoms in total. The lowest BCUT2D eigenvalue weighted by atomic mass is 10.1. The maximum atomic E-state index is 11.8. The van der Waals surface area contributed by atoms with Crippen molar-refractivity contribution in [2.24, 2.45) is 0 Å². The minimum absolute atomic E-state index is 0.123. The number of carbonyl (C=O) groups excluding carboxylic acids is 1. The first-order valence-electron chi connectivity index (χ1n) is 7.22. The van der Waals surface area contributed by atoms with Gasteiger partial charge in [-0.25, -0.2) is 4.79 Å². The second-order valence-electron chi connectivity index (χ2n) is 5.26. The number of aryl methyl sites for hydroxylation is 2. The van der Waals surface area contributed by atoms with Crippen molar-refractivity contribution >= 4 is 11.9 Å². The van der Waals surface area contributed by atoms with Gasteiger partial charge in [-0.05, 0) is 36.2 Å². The SMILES string of the molecule is Cc1ccn(CCC(=O)NCc2ccc(C(=O)O)cc2)c(=O)c1. The average molecular weight is 314 g/mol. The summed E-state index contributed by atoms with van der Waals surface area (Å²) in [4.78, 5) is 34.3. The number of nitrogens with one attached hydrogen (secondary N) is 1. The minimum atomic E-state index is -0.982. The van der Waals surface area contributed by atoms with Crippen molar-refractivity contribution in [3.05, 3.63) is 69.6 Å². The molecule has 1 heterocycles. The summed E-state index contributed by atoms with van der Waals surface area (Å²) >= 11 is 0. The summed E-state index contributed by atoms with van der Waals surface area (Å²) in [5.74, 6) is -1.15. The van der Waals surface area contributed by atoms with Crippen molar-refractivity contribution in [1.82, 2.24) is 9.88 Å². The molecule has 0 saturated carbocycles. The highest BCUT2D eigenvalue weighted by Crippen LogP contribution is 2.04. The maximum Gasteiger partial charge on any atom is 0.335 e. The molecular weight excluding hydrogens is 296 g/mol. The molecule has 2 aromatic rings. The summed E-state index contributed by atoms with van der Waals surface area (Å²) in [6, 6.07) is 9.67. The molecule has 1 aromatic heterocycles. The van der Waals surface area contributed by atoms with E-state index < -0.39 is 5.97 Å². The van der Waals surface area contributed by atoms with E-state index in [-0.39, 0.29) is 23.5 Å². The fourth-order valence-electron chi connectivity index (χ4n) is 2.07. The number of hydrogen-bond donors (Lipinski definition) is 2. The van der Waals surface area contributed by atoms with Gasteiger partial charge in [-0.3, -0.25) is 9.59 Å². The zero-order valence-corrected chi connectivity index (χ0v) is 12.8. The van der Waals surface area contributed by atoms with E-state index in [9.17, 15) is 14.4 Å². The number of aromatic carboxylic acids is 1. The van der Waals surface area contributed by atoms with E-state index in [2.05, 4.69) is 5.32 Å². The Kier molecular flexibility index (Phi) is 5.30. The Morgan fingerprint density at radius 2 is 1.87 bits per heavy atom. The van der Waals surface area contributed by atoms with Gasteiger partial charge in [0.2, 0.25) is 5.91 Å². The van der Waals surface area contributed by atoms with Gasteiger partial charge in [-0.15, -0.1) is 0 Å². The second kappa shape index (κ2) is 7.40. The smallest absolute Gasteiger partial charge is 0.335 e. The van der Waals surface area contributed by atoms with Gasteiger partial charge in [0.1, 0.15) is 0 Å². The first-order chi connectivity index (χ1) is 11.0. The van der Waals surface area contributed by atoms with Crippen LogP contribution in [0, 0.1) is 6.92 Å². The predicted molar refractivity (Wildman–Crippen MR) is 85.3 cm³/mol. The average Bonchev–Trinajstić information content (AvgIpc) is 2.52. The molecule has 0 radical (unpaired) electrons. The van der Waals surface area contributed by atoms with Crippen molar-refractivity contribution < 1.29 is 14.7 Å². The number of rotatable bonds is 6. The van der Waals surface area contributed by atoms with Crippen LogP contribution in [-0.2, 0) is 17.9 Å². The van der Waals surface area contributed by atoms with E-state index in [1.807, 2.05) is 13.0 Å². The van der Waals surface area contributed by atoms with Crippen molar-refractivity contribution in [2.45, 2.75) is 26.4 Å². The van der Waals surface area contributed by atoms with Crippen LogP contribution in [0.1, 0.15) is 27.9 Å². The van der Waals surface area contributed by atoms with Gasteiger partial charge in [0.05, 0.1) is 5.56 Å². The highest BCUT2D eigenvalue weighted by atomic mass is 16.4. The fourth-order valence-corrected chi connectivity index (χ4v) is 2.07. The number of carbonyl (C=O) groups is 2. The number of carboxylic acids is 1. The van der Waals surface area contributed by atoms with Crippen LogP contribution >= 0.6 is 0 Å². The topological polar surface area (TPSA) is 88.4 Å². The fraction of sp³-hybridized carbons (Fsp3) is 0.235. The van der Waals surface area contributed by atoms with Gasteiger partial charge in [0, 0.05) is 31.8 Å². The van der Waals surface area contributed by atoms with Gasteiger partial charge in [0.25, 0.3) is 5.56 Å². The molecule has 6 heteroatoms. The third-order valence-electron chi connectivity index (χ3n) is 3.42. The highest BCUT2D eigenvalue weighted by Gasteiger charge is 2.05. The summed E-state index contributed by atoms with van der Waals surface area (Å²) < 4.78 is 1.49. The zero-order chi connectivity index (χ0) is 16.8. The van der Waals surface area contributed by atoms with E-state index in [0.29, 0.717) is 13.1 Å². The van der Waals surface area contributed by atoms with E-state index in [1.165, 1.54) is 22.8 Å². The molecule has 0 unspecified atom stereocenters. The van der Waals surface area contributed by atoms with Gasteiger partial charge in [-0.2, -0.15) is 0 Å². The Balaban J connectivity index is 1.83. The summed E-state index contributed by atoms with van der Waals surface area (Å²) in [7, 11) is 0. The summed E-state index contributed by atoms with van der Waals surface area (Å²) in [6.07, 6.45) is 1.88. The molecule has 1 amide bonds. The van der Waals surface area contributed by atoms with Crippen LogP contribution in [0.4, 0.5) is 0 Å². The van der Waals surface area contributed by atoms with E-state index >= 15 is 0 Å². The number of amides is 1. The summed E-state index contributed by atoms with van der Waals surface area (Å²) in [5, 5.41) is 11.6. The normalized spacial score (nSPS) is 10.3. The van der Waals surface area contributed by atoms with E-state index in [4.69, 9.17) is 5.11 Å². The lowest BCUT2D eigenvalue weighted by molar-refractivity contribution is -0.121. The highest BCUT2D eigenvalue weighted by molar-refractivity contribution is 5.87. The molecular formula is C17H18N2O4. The first kappa shape index (κ1) is 16.5. The lowest BCUT2D eigenvalue weighted by Gasteiger charge is -2.08. The van der Waals surface area contributed by atoms with Crippen LogP contribution in [0.15, 0.2) is 47.4 Å². The molecule has 0 spiro atoms. The molecule has 23 heavy (non-hydrogen) atoms. The maximum absolute atomic E-state index is 11.8. The van der Waals surface area contributed by atoms with Crippen LogP contribution in [0.25, 0.3) is 0 Å². The third-order valence-corrected chi connectivity index (χ3v) is 3.42. The van der Waals surface area contributed by atoms with Gasteiger partial charge in [-0.1, -0.05) is 12.1 Å². The first-order valence-corrected chi connectivity index (χ1v) is 7.22. The van der Waals surface area contributed by atoms with Gasteiger partial charge in [0.15, 0.2) is 0 Å². The van der Waals surface area contributed by atoms with Crippen molar-refractivity contribution in [3.8, 4) is 0 Å². The summed E-state index contributed by atoms with van der Waals surface area (Å²) in [6.45, 7) is 2.48. The molecule has 0 atom stereocenters. The zero-order valence-electron chi connectivity index (χ0n) is 12.8. The van der Waals surface area contributed by atoms with Crippen LogP contribution in [-0.4, -0.2) is 21.6 Å². The molecule has 120 valence electrons. The molecule has 2 rings (SSSR count). The predicted octanol–water partition coefficient (Wildman–Crippen LogP) is 1.56. The van der Waals surface area contributed by atoms with E-state index in [0.717, 1.165) is 11.1 Å². The molecule has 0 bridgehead atoms. The molecule has 2 N–H and O–H groups in total. The molecule has 0 aliphatic heterocycles. The van der Waals surface area contributed by atoms with Gasteiger partial charge < -0.3 is 15.0 Å². The van der Waals surface area contributed by atoms with Crippen molar-refractivity contribution in [2.75, 3.05) is 0 Å². The van der Waals surface area contributed by atoms with Crippen molar-refractivity contribution in [1.29, 1.82) is 0 Å². The number of nitrogens with zero attached hydrogens (tertiary/aromatic N) is 1.